The fourth-order valence-corrected chi connectivity index (χ4v) is 4.60. The maximum Gasteiger partial charge on any atom is 0.130 e. The van der Waals surface area contributed by atoms with E-state index in [1.54, 1.807) is 18.1 Å². The second kappa shape index (κ2) is 3.61. The molecular weight excluding hydrogens is 230 g/mol. The van der Waals surface area contributed by atoms with Crippen LogP contribution in [0.15, 0.2) is 17.4 Å². The molecule has 4 heteroatoms. The number of hydrogen-bond donors (Lipinski definition) is 1. The van der Waals surface area contributed by atoms with E-state index in [-0.39, 0.29) is 0 Å². The van der Waals surface area contributed by atoms with E-state index in [9.17, 15) is 0 Å². The third-order valence-corrected chi connectivity index (χ3v) is 5.54. The molecule has 0 aromatic carbocycles. The molecule has 0 radical (unpaired) electrons. The number of nitrogens with one attached hydrogen (secondary N) is 1. The highest BCUT2D eigenvalue weighted by molar-refractivity contribution is 7.98. The third kappa shape index (κ3) is 1.49. The first kappa shape index (κ1) is 10.2. The van der Waals surface area contributed by atoms with Gasteiger partial charge in [-0.2, -0.15) is 0 Å². The molecule has 0 amide bonds. The number of rotatable bonds is 3. The summed E-state index contributed by atoms with van der Waals surface area (Å²) in [5, 5.41) is 4.68. The Balaban J connectivity index is 1.49. The Kier molecular flexibility index (Phi) is 2.16. The van der Waals surface area contributed by atoms with Gasteiger partial charge in [-0.15, -0.1) is 11.8 Å². The molecule has 3 saturated carbocycles. The Bertz CT molecular complexity index is 434. The van der Waals surface area contributed by atoms with Gasteiger partial charge >= 0.3 is 0 Å². The van der Waals surface area contributed by atoms with Crippen molar-refractivity contribution in [3.8, 4) is 0 Å². The van der Waals surface area contributed by atoms with E-state index in [1.165, 1.54) is 19.3 Å². The summed E-state index contributed by atoms with van der Waals surface area (Å²) >= 11 is 1.67. The number of aromatic nitrogens is 2. The third-order valence-electron chi connectivity index (χ3n) is 4.90. The van der Waals surface area contributed by atoms with Crippen molar-refractivity contribution in [3.05, 3.63) is 12.4 Å². The van der Waals surface area contributed by atoms with Crippen LogP contribution in [0.2, 0.25) is 0 Å². The molecule has 0 aliphatic heterocycles. The predicted molar refractivity (Wildman–Crippen MR) is 69.0 cm³/mol. The van der Waals surface area contributed by atoms with Crippen molar-refractivity contribution in [2.45, 2.75) is 30.3 Å². The second-order valence-corrected chi connectivity index (χ2v) is 6.43. The molecule has 0 saturated heterocycles. The van der Waals surface area contributed by atoms with Gasteiger partial charge in [-0.3, -0.25) is 0 Å². The highest BCUT2D eigenvalue weighted by Crippen LogP contribution is 2.66. The molecule has 4 unspecified atom stereocenters. The average Bonchev–Trinajstić information content (AvgIpc) is 2.76. The molecule has 3 fully saturated rings. The lowest BCUT2D eigenvalue weighted by Crippen LogP contribution is -2.13. The van der Waals surface area contributed by atoms with E-state index >= 15 is 0 Å². The lowest BCUT2D eigenvalue weighted by Gasteiger charge is -2.11. The highest BCUT2D eigenvalue weighted by Gasteiger charge is 2.65. The van der Waals surface area contributed by atoms with Crippen molar-refractivity contribution in [3.63, 3.8) is 0 Å². The molecule has 1 aromatic heterocycles. The zero-order chi connectivity index (χ0) is 11.4. The van der Waals surface area contributed by atoms with Crippen LogP contribution < -0.4 is 5.32 Å². The number of fused-ring (bicyclic) bond motifs is 5. The van der Waals surface area contributed by atoms with Gasteiger partial charge in [0.05, 0.1) is 0 Å². The lowest BCUT2D eigenvalue weighted by molar-refractivity contribution is 0.456. The molecule has 3 nitrogen and oxygen atoms in total. The smallest absolute Gasteiger partial charge is 0.130 e. The summed E-state index contributed by atoms with van der Waals surface area (Å²) in [6.07, 6.45) is 8.18. The Labute approximate surface area is 106 Å². The second-order valence-electron chi connectivity index (χ2n) is 5.60. The van der Waals surface area contributed by atoms with E-state index < -0.39 is 0 Å². The van der Waals surface area contributed by atoms with Crippen molar-refractivity contribution in [2.24, 2.45) is 23.7 Å². The molecule has 3 aliphatic carbocycles. The van der Waals surface area contributed by atoms with Gasteiger partial charge in [-0.25, -0.2) is 9.97 Å². The first-order valence-corrected chi connectivity index (χ1v) is 7.72. The zero-order valence-electron chi connectivity index (χ0n) is 9.97. The fraction of sp³-hybridized carbons (Fsp3) is 0.692. The van der Waals surface area contributed by atoms with E-state index in [0.29, 0.717) is 6.04 Å². The largest absolute Gasteiger partial charge is 0.367 e. The van der Waals surface area contributed by atoms with Gasteiger partial charge in [0.2, 0.25) is 0 Å². The van der Waals surface area contributed by atoms with E-state index in [2.05, 4.69) is 27.6 Å². The van der Waals surface area contributed by atoms with Crippen LogP contribution >= 0.6 is 11.8 Å². The Morgan fingerprint density at radius 3 is 2.71 bits per heavy atom. The minimum absolute atomic E-state index is 0.714. The standard InChI is InChI=1S/C13H17N3S/c1-17-10-5-9(14-6-15-10)16-13-11-7-2-3-8(4-7)12(11)13/h5-8,11-13H,2-4H2,1H3,(H,14,15,16). The molecule has 2 bridgehead atoms. The zero-order valence-corrected chi connectivity index (χ0v) is 10.8. The molecule has 3 aliphatic rings. The normalized spacial score (nSPS) is 41.4. The van der Waals surface area contributed by atoms with Gasteiger partial charge < -0.3 is 5.32 Å². The molecule has 90 valence electrons. The average molecular weight is 247 g/mol. The molecule has 1 aromatic rings. The van der Waals surface area contributed by atoms with Crippen molar-refractivity contribution in [1.29, 1.82) is 0 Å². The van der Waals surface area contributed by atoms with Crippen LogP contribution in [-0.4, -0.2) is 22.3 Å². The van der Waals surface area contributed by atoms with Gasteiger partial charge in [-0.1, -0.05) is 0 Å². The summed E-state index contributed by atoms with van der Waals surface area (Å²) in [4.78, 5) is 8.54. The SMILES string of the molecule is CSc1cc(NC2C3C4CCC(C4)C23)ncn1. The van der Waals surface area contributed by atoms with Crippen LogP contribution in [0.25, 0.3) is 0 Å². The van der Waals surface area contributed by atoms with Gasteiger partial charge in [0.25, 0.3) is 0 Å². The van der Waals surface area contributed by atoms with Crippen molar-refractivity contribution in [1.82, 2.24) is 9.97 Å². The van der Waals surface area contributed by atoms with Gasteiger partial charge in [0.15, 0.2) is 0 Å². The first-order valence-electron chi connectivity index (χ1n) is 6.49. The van der Waals surface area contributed by atoms with Crippen LogP contribution in [0.4, 0.5) is 5.82 Å². The first-order chi connectivity index (χ1) is 8.36. The lowest BCUT2D eigenvalue weighted by atomic mass is 10.0. The Hall–Kier alpha value is -0.770. The summed E-state index contributed by atoms with van der Waals surface area (Å²) < 4.78 is 0. The summed E-state index contributed by atoms with van der Waals surface area (Å²) in [5.74, 6) is 4.97. The van der Waals surface area contributed by atoms with Gasteiger partial charge in [0.1, 0.15) is 17.2 Å². The van der Waals surface area contributed by atoms with Crippen LogP contribution in [0.5, 0.6) is 0 Å². The van der Waals surface area contributed by atoms with Crippen molar-refractivity contribution >= 4 is 17.6 Å². The van der Waals surface area contributed by atoms with E-state index in [1.807, 2.05) is 0 Å². The Morgan fingerprint density at radius 1 is 1.24 bits per heavy atom. The summed E-state index contributed by atoms with van der Waals surface area (Å²) in [7, 11) is 0. The Morgan fingerprint density at radius 2 is 2.00 bits per heavy atom. The number of thioether (sulfide) groups is 1. The highest BCUT2D eigenvalue weighted by atomic mass is 32.2. The van der Waals surface area contributed by atoms with Crippen LogP contribution in [0, 0.1) is 23.7 Å². The topological polar surface area (TPSA) is 37.8 Å². The van der Waals surface area contributed by atoms with E-state index in [0.717, 1.165) is 34.5 Å². The predicted octanol–water partition coefficient (Wildman–Crippen LogP) is 2.65. The molecule has 4 atom stereocenters. The number of anilines is 1. The maximum absolute atomic E-state index is 4.33. The molecule has 1 heterocycles. The molecule has 0 spiro atoms. The van der Waals surface area contributed by atoms with Crippen LogP contribution in [0.3, 0.4) is 0 Å². The van der Waals surface area contributed by atoms with E-state index in [4.69, 9.17) is 0 Å². The summed E-state index contributed by atoms with van der Waals surface area (Å²) in [5.41, 5.74) is 0. The van der Waals surface area contributed by atoms with Crippen LogP contribution in [0.1, 0.15) is 19.3 Å². The molecule has 1 N–H and O–H groups in total. The molecular formula is C13H17N3S. The fourth-order valence-electron chi connectivity index (χ4n) is 4.22. The maximum atomic E-state index is 4.33. The number of nitrogens with zero attached hydrogens (tertiary/aromatic N) is 2. The van der Waals surface area contributed by atoms with Crippen molar-refractivity contribution in [2.75, 3.05) is 11.6 Å². The molecule has 17 heavy (non-hydrogen) atoms. The quantitative estimate of drug-likeness (QED) is 0.658. The molecule has 4 rings (SSSR count). The minimum atomic E-state index is 0.714. The van der Waals surface area contributed by atoms with Crippen LogP contribution in [-0.2, 0) is 0 Å². The number of hydrogen-bond acceptors (Lipinski definition) is 4. The minimum Gasteiger partial charge on any atom is -0.367 e. The summed E-state index contributed by atoms with van der Waals surface area (Å²) in [6.45, 7) is 0. The van der Waals surface area contributed by atoms with Gasteiger partial charge in [0, 0.05) is 12.1 Å². The van der Waals surface area contributed by atoms with Gasteiger partial charge in [-0.05, 0) is 49.2 Å². The monoisotopic (exact) mass is 247 g/mol. The van der Waals surface area contributed by atoms with Crippen molar-refractivity contribution < 1.29 is 0 Å². The summed E-state index contributed by atoms with van der Waals surface area (Å²) in [6, 6.07) is 2.78.